The van der Waals surface area contributed by atoms with Gasteiger partial charge >= 0.3 is 0 Å². The van der Waals surface area contributed by atoms with E-state index in [0.29, 0.717) is 12.1 Å². The van der Waals surface area contributed by atoms with Crippen LogP contribution >= 0.6 is 11.8 Å². The number of thioether (sulfide) groups is 1. The molecule has 90 valence electrons. The van der Waals surface area contributed by atoms with E-state index in [9.17, 15) is 0 Å². The van der Waals surface area contributed by atoms with Crippen LogP contribution in [0.4, 0.5) is 0 Å². The molecule has 3 heteroatoms. The van der Waals surface area contributed by atoms with Crippen LogP contribution in [0.15, 0.2) is 0 Å². The molecule has 0 aromatic heterocycles. The van der Waals surface area contributed by atoms with Gasteiger partial charge in [0.15, 0.2) is 0 Å². The van der Waals surface area contributed by atoms with Crippen LogP contribution in [-0.4, -0.2) is 37.3 Å². The van der Waals surface area contributed by atoms with Gasteiger partial charge in [-0.2, -0.15) is 11.8 Å². The normalized spacial score (nSPS) is 21.6. The third-order valence-corrected chi connectivity index (χ3v) is 4.11. The van der Waals surface area contributed by atoms with Crippen molar-refractivity contribution in [2.24, 2.45) is 5.41 Å². The van der Waals surface area contributed by atoms with Crippen LogP contribution < -0.4 is 5.32 Å². The minimum absolute atomic E-state index is 0.227. The number of hydrogen-bond acceptors (Lipinski definition) is 3. The highest BCUT2D eigenvalue weighted by atomic mass is 32.2. The van der Waals surface area contributed by atoms with Crippen LogP contribution in [0.5, 0.6) is 0 Å². The lowest BCUT2D eigenvalue weighted by molar-refractivity contribution is 0.0155. The third kappa shape index (κ3) is 4.75. The lowest BCUT2D eigenvalue weighted by Gasteiger charge is -2.32. The zero-order chi connectivity index (χ0) is 11.3. The molecule has 0 bridgehead atoms. The fourth-order valence-electron chi connectivity index (χ4n) is 1.92. The predicted molar refractivity (Wildman–Crippen MR) is 68.6 cm³/mol. The summed E-state index contributed by atoms with van der Waals surface area (Å²) in [5.41, 5.74) is 0.227. The molecular weight excluding hydrogens is 206 g/mol. The van der Waals surface area contributed by atoms with Crippen molar-refractivity contribution in [3.63, 3.8) is 0 Å². The molecule has 1 rings (SSSR count). The first-order valence-corrected chi connectivity index (χ1v) is 7.03. The van der Waals surface area contributed by atoms with Gasteiger partial charge in [0.2, 0.25) is 0 Å². The summed E-state index contributed by atoms with van der Waals surface area (Å²) in [5, 5.41) is 3.64. The Morgan fingerprint density at radius 2 is 1.93 bits per heavy atom. The van der Waals surface area contributed by atoms with Crippen LogP contribution in [0, 0.1) is 5.41 Å². The summed E-state index contributed by atoms with van der Waals surface area (Å²) in [6, 6.07) is 0.714. The largest absolute Gasteiger partial charge is 0.380 e. The van der Waals surface area contributed by atoms with Gasteiger partial charge in [-0.15, -0.1) is 0 Å². The first-order chi connectivity index (χ1) is 7.04. The lowest BCUT2D eigenvalue weighted by atomic mass is 9.88. The summed E-state index contributed by atoms with van der Waals surface area (Å²) in [6.07, 6.45) is 2.93. The topological polar surface area (TPSA) is 21.3 Å². The molecule has 1 N–H and O–H groups in total. The van der Waals surface area contributed by atoms with Crippen molar-refractivity contribution in [3.8, 4) is 0 Å². The highest BCUT2D eigenvalue weighted by molar-refractivity contribution is 7.99. The third-order valence-electron chi connectivity index (χ3n) is 3.06. The van der Waals surface area contributed by atoms with Crippen LogP contribution in [-0.2, 0) is 4.74 Å². The first kappa shape index (κ1) is 13.3. The molecule has 1 aliphatic heterocycles. The maximum Gasteiger partial charge on any atom is 0.0743 e. The number of ether oxygens (including phenoxy) is 1. The monoisotopic (exact) mass is 231 g/mol. The van der Waals surface area contributed by atoms with E-state index in [1.54, 1.807) is 0 Å². The van der Waals surface area contributed by atoms with Crippen molar-refractivity contribution >= 4 is 11.8 Å². The van der Waals surface area contributed by atoms with E-state index in [4.69, 9.17) is 4.74 Å². The van der Waals surface area contributed by atoms with Crippen molar-refractivity contribution in [2.45, 2.75) is 45.8 Å². The van der Waals surface area contributed by atoms with Gasteiger partial charge in [-0.05, 0) is 29.8 Å². The van der Waals surface area contributed by atoms with Crippen LogP contribution in [0.3, 0.4) is 0 Å². The molecule has 2 nitrogen and oxygen atoms in total. The second-order valence-corrected chi connectivity index (χ2v) is 6.61. The number of rotatable bonds is 4. The molecule has 1 aliphatic rings. The Balaban J connectivity index is 2.27. The van der Waals surface area contributed by atoms with Crippen molar-refractivity contribution in [1.82, 2.24) is 5.32 Å². The molecule has 15 heavy (non-hydrogen) atoms. The Morgan fingerprint density at radius 1 is 1.33 bits per heavy atom. The predicted octanol–water partition coefficient (Wildman–Crippen LogP) is 2.53. The molecule has 1 fully saturated rings. The summed E-state index contributed by atoms with van der Waals surface area (Å²) < 4.78 is 5.54. The summed E-state index contributed by atoms with van der Waals surface area (Å²) >= 11 is 2.07. The summed E-state index contributed by atoms with van der Waals surface area (Å²) in [5.74, 6) is 2.62. The van der Waals surface area contributed by atoms with Crippen molar-refractivity contribution in [3.05, 3.63) is 0 Å². The van der Waals surface area contributed by atoms with Crippen molar-refractivity contribution in [2.75, 3.05) is 25.2 Å². The van der Waals surface area contributed by atoms with Crippen LogP contribution in [0.25, 0.3) is 0 Å². The van der Waals surface area contributed by atoms with Gasteiger partial charge in [0.05, 0.1) is 6.10 Å². The van der Waals surface area contributed by atoms with E-state index < -0.39 is 0 Å². The minimum Gasteiger partial charge on any atom is -0.380 e. The molecule has 1 saturated heterocycles. The van der Waals surface area contributed by atoms with Gasteiger partial charge in [0, 0.05) is 19.7 Å². The quantitative estimate of drug-likeness (QED) is 0.803. The first-order valence-electron chi connectivity index (χ1n) is 5.88. The minimum atomic E-state index is 0.227. The maximum atomic E-state index is 5.54. The number of nitrogens with one attached hydrogen (secondary N) is 1. The van der Waals surface area contributed by atoms with Crippen molar-refractivity contribution in [1.29, 1.82) is 0 Å². The highest BCUT2D eigenvalue weighted by Crippen LogP contribution is 2.22. The molecule has 0 amide bonds. The second-order valence-electron chi connectivity index (χ2n) is 5.39. The standard InChI is InChI=1S/C12H25NOS/c1-12(2,3)11(14-4)9-13-10-5-7-15-8-6-10/h10-11,13H,5-9H2,1-4H3. The molecule has 1 unspecified atom stereocenters. The van der Waals surface area contributed by atoms with E-state index in [2.05, 4.69) is 37.8 Å². The van der Waals surface area contributed by atoms with Crippen LogP contribution in [0.2, 0.25) is 0 Å². The Bertz CT molecular complexity index is 173. The number of hydrogen-bond donors (Lipinski definition) is 1. The number of methoxy groups -OCH3 is 1. The van der Waals surface area contributed by atoms with Gasteiger partial charge in [-0.3, -0.25) is 0 Å². The molecular formula is C12H25NOS. The summed E-state index contributed by atoms with van der Waals surface area (Å²) in [6.45, 7) is 7.69. The van der Waals surface area contributed by atoms with Gasteiger partial charge in [-0.1, -0.05) is 20.8 Å². The van der Waals surface area contributed by atoms with Crippen LogP contribution in [0.1, 0.15) is 33.6 Å². The summed E-state index contributed by atoms with van der Waals surface area (Å²) in [4.78, 5) is 0. The Morgan fingerprint density at radius 3 is 2.40 bits per heavy atom. The average molecular weight is 231 g/mol. The van der Waals surface area contributed by atoms with Crippen molar-refractivity contribution < 1.29 is 4.74 Å². The van der Waals surface area contributed by atoms with E-state index in [0.717, 1.165) is 6.54 Å². The highest BCUT2D eigenvalue weighted by Gasteiger charge is 2.25. The molecule has 1 atom stereocenters. The summed E-state index contributed by atoms with van der Waals surface area (Å²) in [7, 11) is 1.81. The second kappa shape index (κ2) is 6.12. The van der Waals surface area contributed by atoms with E-state index in [1.807, 2.05) is 7.11 Å². The SMILES string of the molecule is COC(CNC1CCSCC1)C(C)(C)C. The Labute approximate surface area is 98.5 Å². The molecule has 1 heterocycles. The van der Waals surface area contributed by atoms with E-state index in [-0.39, 0.29) is 5.41 Å². The average Bonchev–Trinajstić information content (AvgIpc) is 2.18. The lowest BCUT2D eigenvalue weighted by Crippen LogP contribution is -2.43. The molecule has 0 spiro atoms. The zero-order valence-electron chi connectivity index (χ0n) is 10.5. The van der Waals surface area contributed by atoms with Gasteiger partial charge in [0.25, 0.3) is 0 Å². The Kier molecular flexibility index (Phi) is 5.44. The molecule has 0 aromatic rings. The zero-order valence-corrected chi connectivity index (χ0v) is 11.3. The molecule has 0 aromatic carbocycles. The fraction of sp³-hybridized carbons (Fsp3) is 1.00. The fourth-order valence-corrected chi connectivity index (χ4v) is 3.02. The van der Waals surface area contributed by atoms with Gasteiger partial charge < -0.3 is 10.1 Å². The molecule has 0 saturated carbocycles. The van der Waals surface area contributed by atoms with E-state index in [1.165, 1.54) is 24.3 Å². The molecule has 0 aliphatic carbocycles. The van der Waals surface area contributed by atoms with E-state index >= 15 is 0 Å². The maximum absolute atomic E-state index is 5.54. The molecule has 0 radical (unpaired) electrons. The van der Waals surface area contributed by atoms with Gasteiger partial charge in [-0.25, -0.2) is 0 Å². The van der Waals surface area contributed by atoms with Gasteiger partial charge in [0.1, 0.15) is 0 Å². The Hall–Kier alpha value is 0.270. The smallest absolute Gasteiger partial charge is 0.0743 e.